The van der Waals surface area contributed by atoms with Gasteiger partial charge in [0, 0.05) is 26.2 Å². The summed E-state index contributed by atoms with van der Waals surface area (Å²) in [6.07, 6.45) is 7.03. The largest absolute Gasteiger partial charge is 0.444 e. The van der Waals surface area contributed by atoms with Crippen molar-refractivity contribution < 1.29 is 9.53 Å². The van der Waals surface area contributed by atoms with Crippen LogP contribution in [0.15, 0.2) is 0 Å². The number of rotatable bonds is 4. The van der Waals surface area contributed by atoms with Gasteiger partial charge in [-0.05, 0) is 76.5 Å². The Morgan fingerprint density at radius 3 is 2.14 bits per heavy atom. The maximum Gasteiger partial charge on any atom is 0.410 e. The zero-order valence-corrected chi connectivity index (χ0v) is 14.6. The van der Waals surface area contributed by atoms with Crippen LogP contribution in [0.1, 0.15) is 52.9 Å². The highest BCUT2D eigenvalue weighted by atomic mass is 16.6. The molecular formula is C18H32N2O2. The van der Waals surface area contributed by atoms with Gasteiger partial charge in [0.25, 0.3) is 0 Å². The smallest absolute Gasteiger partial charge is 0.410 e. The Labute approximate surface area is 135 Å². The van der Waals surface area contributed by atoms with Crippen molar-refractivity contribution in [2.75, 3.05) is 20.1 Å². The van der Waals surface area contributed by atoms with E-state index < -0.39 is 5.60 Å². The quantitative estimate of drug-likeness (QED) is 0.866. The van der Waals surface area contributed by atoms with Gasteiger partial charge >= 0.3 is 6.09 Å². The molecule has 0 aliphatic heterocycles. The van der Waals surface area contributed by atoms with Crippen molar-refractivity contribution in [3.8, 4) is 0 Å². The van der Waals surface area contributed by atoms with E-state index in [1.165, 1.54) is 32.1 Å². The van der Waals surface area contributed by atoms with E-state index in [2.05, 4.69) is 5.32 Å². The molecule has 4 bridgehead atoms. The molecule has 4 fully saturated rings. The number of amides is 1. The van der Waals surface area contributed by atoms with Gasteiger partial charge in [-0.1, -0.05) is 0 Å². The molecule has 0 atom stereocenters. The molecule has 0 heterocycles. The molecule has 126 valence electrons. The van der Waals surface area contributed by atoms with Gasteiger partial charge in [0.1, 0.15) is 5.60 Å². The zero-order chi connectivity index (χ0) is 15.9. The minimum Gasteiger partial charge on any atom is -0.444 e. The fraction of sp³-hybridized carbons (Fsp3) is 0.944. The molecule has 4 aliphatic carbocycles. The second-order valence-corrected chi connectivity index (χ2v) is 8.81. The molecule has 4 heteroatoms. The predicted octanol–water partition coefficient (Wildman–Crippen LogP) is 3.27. The molecule has 0 aromatic heterocycles. The lowest BCUT2D eigenvalue weighted by molar-refractivity contribution is -0.0144. The molecule has 4 aliphatic rings. The van der Waals surface area contributed by atoms with Crippen LogP contribution in [0.5, 0.6) is 0 Å². The molecular weight excluding hydrogens is 276 g/mol. The first-order valence-electron chi connectivity index (χ1n) is 8.99. The number of ether oxygens (including phenoxy) is 1. The molecule has 22 heavy (non-hydrogen) atoms. The molecule has 4 saturated carbocycles. The summed E-state index contributed by atoms with van der Waals surface area (Å²) in [7, 11) is 1.83. The standard InChI is InChI=1S/C18H32N2O2/c1-18(2,3)22-17(21)20(4)6-5-19-16-14-8-12-7-13(10-14)11-15(16)9-12/h12-16,19H,5-11H2,1-4H3. The van der Waals surface area contributed by atoms with Crippen molar-refractivity contribution in [3.05, 3.63) is 0 Å². The first-order chi connectivity index (χ1) is 10.3. The summed E-state index contributed by atoms with van der Waals surface area (Å²) in [5.41, 5.74) is -0.416. The first kappa shape index (κ1) is 16.1. The summed E-state index contributed by atoms with van der Waals surface area (Å²) in [6, 6.07) is 0.694. The van der Waals surface area contributed by atoms with Crippen LogP contribution in [0.4, 0.5) is 4.79 Å². The molecule has 4 nitrogen and oxygen atoms in total. The maximum absolute atomic E-state index is 12.0. The van der Waals surface area contributed by atoms with Crippen molar-refractivity contribution in [1.29, 1.82) is 0 Å². The van der Waals surface area contributed by atoms with Crippen LogP contribution in [0.2, 0.25) is 0 Å². The lowest BCUT2D eigenvalue weighted by Gasteiger charge is -2.54. The number of hydrogen-bond acceptors (Lipinski definition) is 3. The monoisotopic (exact) mass is 308 g/mol. The highest BCUT2D eigenvalue weighted by Gasteiger charge is 2.47. The van der Waals surface area contributed by atoms with Crippen molar-refractivity contribution in [1.82, 2.24) is 10.2 Å². The van der Waals surface area contributed by atoms with Gasteiger partial charge in [-0.15, -0.1) is 0 Å². The van der Waals surface area contributed by atoms with Gasteiger partial charge in [0.2, 0.25) is 0 Å². The predicted molar refractivity (Wildman–Crippen MR) is 87.7 cm³/mol. The summed E-state index contributed by atoms with van der Waals surface area (Å²) in [6.45, 7) is 7.32. The maximum atomic E-state index is 12.0. The summed E-state index contributed by atoms with van der Waals surface area (Å²) in [4.78, 5) is 13.7. The van der Waals surface area contributed by atoms with E-state index in [9.17, 15) is 4.79 Å². The summed E-state index contributed by atoms with van der Waals surface area (Å²) in [5.74, 6) is 3.82. The van der Waals surface area contributed by atoms with Crippen molar-refractivity contribution >= 4 is 6.09 Å². The summed E-state index contributed by atoms with van der Waals surface area (Å²) >= 11 is 0. The average molecular weight is 308 g/mol. The van der Waals surface area contributed by atoms with E-state index >= 15 is 0 Å². The van der Waals surface area contributed by atoms with Gasteiger partial charge in [-0.25, -0.2) is 4.79 Å². The normalized spacial score (nSPS) is 36.5. The zero-order valence-electron chi connectivity index (χ0n) is 14.6. The van der Waals surface area contributed by atoms with Crippen LogP contribution >= 0.6 is 0 Å². The fourth-order valence-electron chi connectivity index (χ4n) is 5.09. The molecule has 0 radical (unpaired) electrons. The number of likely N-dealkylation sites (N-methyl/N-ethyl adjacent to an activating group) is 1. The van der Waals surface area contributed by atoms with E-state index in [4.69, 9.17) is 4.74 Å². The number of carbonyl (C=O) groups is 1. The Hall–Kier alpha value is -0.770. The van der Waals surface area contributed by atoms with Crippen LogP contribution in [0, 0.1) is 23.7 Å². The van der Waals surface area contributed by atoms with E-state index in [0.717, 1.165) is 36.8 Å². The summed E-state index contributed by atoms with van der Waals surface area (Å²) in [5, 5.41) is 3.76. The lowest BCUT2D eigenvalue weighted by atomic mass is 9.54. The van der Waals surface area contributed by atoms with Crippen molar-refractivity contribution in [2.24, 2.45) is 23.7 Å². The first-order valence-corrected chi connectivity index (χ1v) is 8.99. The van der Waals surface area contributed by atoms with Crippen LogP contribution in [0.3, 0.4) is 0 Å². The number of nitrogens with zero attached hydrogens (tertiary/aromatic N) is 1. The third kappa shape index (κ3) is 3.58. The van der Waals surface area contributed by atoms with E-state index in [1.807, 2.05) is 27.8 Å². The molecule has 4 rings (SSSR count). The molecule has 1 N–H and O–H groups in total. The number of hydrogen-bond donors (Lipinski definition) is 1. The van der Waals surface area contributed by atoms with Crippen LogP contribution in [0.25, 0.3) is 0 Å². The van der Waals surface area contributed by atoms with Crippen molar-refractivity contribution in [3.63, 3.8) is 0 Å². The Bertz CT molecular complexity index is 388. The van der Waals surface area contributed by atoms with Gasteiger partial charge in [0.05, 0.1) is 0 Å². The van der Waals surface area contributed by atoms with E-state index in [-0.39, 0.29) is 6.09 Å². The lowest BCUT2D eigenvalue weighted by Crippen LogP contribution is -2.55. The second kappa shape index (κ2) is 6.03. The highest BCUT2D eigenvalue weighted by molar-refractivity contribution is 5.67. The van der Waals surface area contributed by atoms with Gasteiger partial charge in [0.15, 0.2) is 0 Å². The van der Waals surface area contributed by atoms with Crippen LogP contribution < -0.4 is 5.32 Å². The minimum atomic E-state index is -0.416. The third-order valence-corrected chi connectivity index (χ3v) is 5.76. The number of carbonyl (C=O) groups excluding carboxylic acids is 1. The fourth-order valence-corrected chi connectivity index (χ4v) is 5.09. The highest BCUT2D eigenvalue weighted by Crippen LogP contribution is 2.53. The third-order valence-electron chi connectivity index (χ3n) is 5.76. The van der Waals surface area contributed by atoms with Crippen LogP contribution in [-0.4, -0.2) is 42.8 Å². The molecule has 0 saturated heterocycles. The molecule has 1 amide bonds. The van der Waals surface area contributed by atoms with Gasteiger partial charge in [-0.2, -0.15) is 0 Å². The molecule has 0 aromatic rings. The Morgan fingerprint density at radius 1 is 1.09 bits per heavy atom. The number of nitrogens with one attached hydrogen (secondary N) is 1. The second-order valence-electron chi connectivity index (χ2n) is 8.81. The SMILES string of the molecule is CN(CCNC1C2CC3CC(C2)CC1C3)C(=O)OC(C)(C)C. The summed E-state index contributed by atoms with van der Waals surface area (Å²) < 4.78 is 5.40. The van der Waals surface area contributed by atoms with E-state index in [1.54, 1.807) is 4.90 Å². The Kier molecular flexibility index (Phi) is 4.41. The molecule has 0 aromatic carbocycles. The Morgan fingerprint density at radius 2 is 1.64 bits per heavy atom. The van der Waals surface area contributed by atoms with E-state index in [0.29, 0.717) is 6.04 Å². The average Bonchev–Trinajstić information content (AvgIpc) is 2.38. The minimum absolute atomic E-state index is 0.223. The topological polar surface area (TPSA) is 41.6 Å². The molecule has 0 spiro atoms. The van der Waals surface area contributed by atoms with Crippen molar-refractivity contribution in [2.45, 2.75) is 64.5 Å². The van der Waals surface area contributed by atoms with Gasteiger partial charge < -0.3 is 15.0 Å². The Balaban J connectivity index is 1.43. The molecule has 0 unspecified atom stereocenters. The van der Waals surface area contributed by atoms with Gasteiger partial charge in [-0.3, -0.25) is 0 Å². The van der Waals surface area contributed by atoms with Crippen LogP contribution in [-0.2, 0) is 4.74 Å².